The first-order chi connectivity index (χ1) is 23.4. The standard InChI is InChI=1S/C42H68O8/c1-27(14-17-37(45)25-35(9)43)20-30(4)21-28(2)16-19-42(48)49-39-12-11-13-41(47)50-40(18-15-29(3)22-33(39)7)34(8)24-31(5)23-32(6)38(46)26-36(10)44/h14-16,19-21,23,32-40,43-46H,11-13,17-18,22,24-26H2,1-10H3. The minimum atomic E-state index is -0.614. The molecule has 1 heterocycles. The van der Waals surface area contributed by atoms with E-state index in [1.165, 1.54) is 6.08 Å². The van der Waals surface area contributed by atoms with Crippen LogP contribution < -0.4 is 0 Å². The summed E-state index contributed by atoms with van der Waals surface area (Å²) in [6, 6.07) is 0. The summed E-state index contributed by atoms with van der Waals surface area (Å²) in [5.41, 5.74) is 5.18. The zero-order valence-corrected chi connectivity index (χ0v) is 32.5. The van der Waals surface area contributed by atoms with Crippen molar-refractivity contribution >= 4 is 11.9 Å². The van der Waals surface area contributed by atoms with Gasteiger partial charge in [-0.25, -0.2) is 4.79 Å². The molecule has 0 amide bonds. The lowest BCUT2D eigenvalue weighted by atomic mass is 9.89. The molecule has 4 N–H and O–H groups in total. The molecule has 0 fully saturated rings. The van der Waals surface area contributed by atoms with Crippen molar-refractivity contribution in [1.82, 2.24) is 0 Å². The second kappa shape index (κ2) is 23.6. The molecule has 0 saturated carbocycles. The van der Waals surface area contributed by atoms with Crippen molar-refractivity contribution in [3.05, 3.63) is 70.4 Å². The third kappa shape index (κ3) is 20.2. The Kier molecular flexibility index (Phi) is 21.4. The van der Waals surface area contributed by atoms with Crippen LogP contribution in [0, 0.1) is 17.8 Å². The van der Waals surface area contributed by atoms with Crippen LogP contribution in [0.25, 0.3) is 0 Å². The van der Waals surface area contributed by atoms with Gasteiger partial charge in [-0.2, -0.15) is 0 Å². The first-order valence-corrected chi connectivity index (χ1v) is 18.5. The summed E-state index contributed by atoms with van der Waals surface area (Å²) in [6.07, 6.45) is 15.0. The Hall–Kier alpha value is -2.78. The normalized spacial score (nSPS) is 24.6. The van der Waals surface area contributed by atoms with Gasteiger partial charge >= 0.3 is 11.9 Å². The minimum Gasteiger partial charge on any atom is -0.462 e. The van der Waals surface area contributed by atoms with Gasteiger partial charge < -0.3 is 29.9 Å². The van der Waals surface area contributed by atoms with Gasteiger partial charge in [-0.05, 0) is 105 Å². The molecule has 9 atom stereocenters. The van der Waals surface area contributed by atoms with Crippen LogP contribution in [0.1, 0.15) is 127 Å². The summed E-state index contributed by atoms with van der Waals surface area (Å²) in [4.78, 5) is 25.8. The molecule has 1 aliphatic heterocycles. The zero-order chi connectivity index (χ0) is 38.0. The van der Waals surface area contributed by atoms with E-state index < -0.39 is 30.4 Å². The van der Waals surface area contributed by atoms with Gasteiger partial charge in [0.1, 0.15) is 12.2 Å². The third-order valence-corrected chi connectivity index (χ3v) is 9.13. The van der Waals surface area contributed by atoms with E-state index in [1.807, 2.05) is 58.9 Å². The molecule has 0 aromatic rings. The van der Waals surface area contributed by atoms with Crippen molar-refractivity contribution in [2.45, 2.75) is 164 Å². The van der Waals surface area contributed by atoms with Crippen LogP contribution in [-0.2, 0) is 19.1 Å². The van der Waals surface area contributed by atoms with Crippen LogP contribution >= 0.6 is 0 Å². The first kappa shape index (κ1) is 45.2. The SMILES string of the molecule is CC(=CCC(O)CC(C)O)C=C(C)C=C(C)C=CC(=O)OC1CCCC(=O)OC(C(C)CC(C)=CC(C)C(O)CC(C)O)CC=C(C)CC1C. The lowest BCUT2D eigenvalue weighted by Gasteiger charge is -2.27. The molecule has 0 aromatic heterocycles. The van der Waals surface area contributed by atoms with E-state index in [9.17, 15) is 30.0 Å². The average molecular weight is 701 g/mol. The lowest BCUT2D eigenvalue weighted by molar-refractivity contribution is -0.152. The van der Waals surface area contributed by atoms with Gasteiger partial charge in [-0.15, -0.1) is 0 Å². The molecule has 1 aliphatic rings. The number of carbonyl (C=O) groups is 2. The quantitative estimate of drug-likeness (QED) is 0.0551. The van der Waals surface area contributed by atoms with Crippen LogP contribution in [-0.4, -0.2) is 69.0 Å². The third-order valence-electron chi connectivity index (χ3n) is 9.13. The van der Waals surface area contributed by atoms with E-state index in [4.69, 9.17) is 9.47 Å². The molecule has 0 aromatic carbocycles. The van der Waals surface area contributed by atoms with Gasteiger partial charge in [0.2, 0.25) is 0 Å². The van der Waals surface area contributed by atoms with E-state index in [1.54, 1.807) is 19.9 Å². The van der Waals surface area contributed by atoms with Crippen molar-refractivity contribution < 1.29 is 39.5 Å². The predicted molar refractivity (Wildman–Crippen MR) is 202 cm³/mol. The summed E-state index contributed by atoms with van der Waals surface area (Å²) < 4.78 is 11.9. The second-order valence-electron chi connectivity index (χ2n) is 15.1. The van der Waals surface area contributed by atoms with Gasteiger partial charge in [0, 0.05) is 24.8 Å². The number of carbonyl (C=O) groups excluding carboxylic acids is 2. The topological polar surface area (TPSA) is 134 Å². The number of esters is 2. The fourth-order valence-corrected chi connectivity index (χ4v) is 6.47. The largest absolute Gasteiger partial charge is 0.462 e. The van der Waals surface area contributed by atoms with Crippen molar-refractivity contribution in [1.29, 1.82) is 0 Å². The van der Waals surface area contributed by atoms with E-state index in [2.05, 4.69) is 26.8 Å². The summed E-state index contributed by atoms with van der Waals surface area (Å²) in [7, 11) is 0. The van der Waals surface area contributed by atoms with Gasteiger partial charge in [-0.1, -0.05) is 85.1 Å². The highest BCUT2D eigenvalue weighted by Crippen LogP contribution is 2.27. The Morgan fingerprint density at radius 3 is 2.24 bits per heavy atom. The number of rotatable bonds is 16. The highest BCUT2D eigenvalue weighted by Gasteiger charge is 2.26. The zero-order valence-electron chi connectivity index (χ0n) is 32.5. The Morgan fingerprint density at radius 2 is 1.60 bits per heavy atom. The van der Waals surface area contributed by atoms with Gasteiger partial charge in [0.15, 0.2) is 0 Å². The maximum absolute atomic E-state index is 12.9. The fraction of sp³-hybridized carbons (Fsp3) is 0.667. The summed E-state index contributed by atoms with van der Waals surface area (Å²) >= 11 is 0. The van der Waals surface area contributed by atoms with Gasteiger partial charge in [-0.3, -0.25) is 4.79 Å². The fourth-order valence-electron chi connectivity index (χ4n) is 6.47. The monoisotopic (exact) mass is 700 g/mol. The molecule has 284 valence electrons. The molecule has 9 unspecified atom stereocenters. The van der Waals surface area contributed by atoms with Crippen LogP contribution in [0.3, 0.4) is 0 Å². The van der Waals surface area contributed by atoms with Crippen molar-refractivity contribution in [3.8, 4) is 0 Å². The maximum atomic E-state index is 12.9. The molecule has 8 heteroatoms. The van der Waals surface area contributed by atoms with E-state index in [0.29, 0.717) is 38.5 Å². The van der Waals surface area contributed by atoms with Gasteiger partial charge in [0.05, 0.1) is 24.4 Å². The summed E-state index contributed by atoms with van der Waals surface area (Å²) in [5, 5.41) is 39.4. The molecule has 1 rings (SSSR count). The summed E-state index contributed by atoms with van der Waals surface area (Å²) in [5.74, 6) is -0.598. The van der Waals surface area contributed by atoms with Crippen LogP contribution in [0.15, 0.2) is 70.4 Å². The molecular weight excluding hydrogens is 632 g/mol. The Balaban J connectivity index is 2.87. The van der Waals surface area contributed by atoms with E-state index in [-0.39, 0.29) is 42.4 Å². The molecule has 0 spiro atoms. The highest BCUT2D eigenvalue weighted by molar-refractivity contribution is 5.82. The molecule has 0 radical (unpaired) electrons. The van der Waals surface area contributed by atoms with Crippen molar-refractivity contribution in [2.24, 2.45) is 17.8 Å². The second-order valence-corrected chi connectivity index (χ2v) is 15.1. The Morgan fingerprint density at radius 1 is 0.960 bits per heavy atom. The Bertz CT molecular complexity index is 1230. The predicted octanol–water partition coefficient (Wildman–Crippen LogP) is 8.01. The van der Waals surface area contributed by atoms with Gasteiger partial charge in [0.25, 0.3) is 0 Å². The number of aliphatic hydroxyl groups excluding tert-OH is 4. The number of hydrogen-bond acceptors (Lipinski definition) is 8. The van der Waals surface area contributed by atoms with Crippen molar-refractivity contribution in [2.75, 3.05) is 0 Å². The average Bonchev–Trinajstić information content (AvgIpc) is 2.99. The number of aliphatic hydroxyl groups is 4. The first-order valence-electron chi connectivity index (χ1n) is 18.5. The molecular formula is C42H68O8. The lowest BCUT2D eigenvalue weighted by Crippen LogP contribution is -2.28. The van der Waals surface area contributed by atoms with E-state index in [0.717, 1.165) is 40.7 Å². The number of allylic oxidation sites excluding steroid dienone is 8. The molecule has 0 bridgehead atoms. The molecule has 50 heavy (non-hydrogen) atoms. The van der Waals surface area contributed by atoms with Crippen LogP contribution in [0.4, 0.5) is 0 Å². The number of ether oxygens (including phenoxy) is 2. The van der Waals surface area contributed by atoms with E-state index >= 15 is 0 Å². The molecule has 0 aliphatic carbocycles. The molecule has 0 saturated heterocycles. The van der Waals surface area contributed by atoms with Crippen molar-refractivity contribution in [3.63, 3.8) is 0 Å². The maximum Gasteiger partial charge on any atom is 0.331 e. The number of hydrogen-bond donors (Lipinski definition) is 4. The molecule has 8 nitrogen and oxygen atoms in total. The van der Waals surface area contributed by atoms with Crippen LogP contribution in [0.2, 0.25) is 0 Å². The Labute approximate surface area is 302 Å². The summed E-state index contributed by atoms with van der Waals surface area (Å²) in [6.45, 7) is 19.4. The number of cyclic esters (lactones) is 1. The highest BCUT2D eigenvalue weighted by atomic mass is 16.5. The smallest absolute Gasteiger partial charge is 0.331 e. The van der Waals surface area contributed by atoms with Crippen LogP contribution in [0.5, 0.6) is 0 Å². The minimum absolute atomic E-state index is 0.0744.